The molecule has 0 unspecified atom stereocenters. The van der Waals surface area contributed by atoms with Gasteiger partial charge in [-0.05, 0) is 42.5 Å². The molecule has 0 amide bonds. The maximum Gasteiger partial charge on any atom is 0.573 e. The summed E-state index contributed by atoms with van der Waals surface area (Å²) in [7, 11) is 0. The van der Waals surface area contributed by atoms with Crippen LogP contribution in [-0.4, -0.2) is 12.1 Å². The van der Waals surface area contributed by atoms with Crippen molar-refractivity contribution in [2.24, 2.45) is 0 Å². The third kappa shape index (κ3) is 3.71. The number of carbonyl (C=O) groups excluding carboxylic acids is 1. The van der Waals surface area contributed by atoms with E-state index in [2.05, 4.69) is 4.74 Å². The van der Waals surface area contributed by atoms with Crippen LogP contribution in [0.3, 0.4) is 0 Å². The Kier molecular flexibility index (Phi) is 3.84. The van der Waals surface area contributed by atoms with Gasteiger partial charge in [-0.2, -0.15) is 0 Å². The van der Waals surface area contributed by atoms with E-state index >= 15 is 0 Å². The van der Waals surface area contributed by atoms with Crippen molar-refractivity contribution < 1.29 is 27.1 Å². The van der Waals surface area contributed by atoms with Crippen LogP contribution in [0.1, 0.15) is 15.9 Å². The molecule has 0 aromatic heterocycles. The van der Waals surface area contributed by atoms with Crippen LogP contribution in [0.2, 0.25) is 0 Å². The molecule has 0 heterocycles. The Balaban J connectivity index is 2.22. The summed E-state index contributed by atoms with van der Waals surface area (Å²) in [4.78, 5) is 12.0. The van der Waals surface area contributed by atoms with Gasteiger partial charge in [-0.15, -0.1) is 13.2 Å². The quantitative estimate of drug-likeness (QED) is 0.536. The van der Waals surface area contributed by atoms with Gasteiger partial charge in [0.05, 0.1) is 5.69 Å². The molecular weight excluding hydrogens is 290 g/mol. The number of benzene rings is 2. The van der Waals surface area contributed by atoms with E-state index in [-0.39, 0.29) is 16.8 Å². The molecular formula is C14H9F4NO2. The predicted octanol–water partition coefficient (Wildman–Crippen LogP) is 3.54. The Morgan fingerprint density at radius 2 is 1.57 bits per heavy atom. The molecule has 0 aliphatic rings. The second-order valence-electron chi connectivity index (χ2n) is 4.14. The van der Waals surface area contributed by atoms with Crippen LogP contribution in [0.25, 0.3) is 0 Å². The first-order valence-corrected chi connectivity index (χ1v) is 5.72. The largest absolute Gasteiger partial charge is 0.573 e. The van der Waals surface area contributed by atoms with Gasteiger partial charge in [0.25, 0.3) is 0 Å². The molecule has 0 aliphatic carbocycles. The molecule has 2 aromatic carbocycles. The maximum atomic E-state index is 13.3. The zero-order valence-corrected chi connectivity index (χ0v) is 10.4. The number of rotatable bonds is 3. The lowest BCUT2D eigenvalue weighted by Crippen LogP contribution is -2.17. The number of alkyl halides is 3. The minimum absolute atomic E-state index is 0.0474. The fraction of sp³-hybridized carbons (Fsp3) is 0.0714. The number of hydrogen-bond acceptors (Lipinski definition) is 3. The molecule has 0 radical (unpaired) electrons. The van der Waals surface area contributed by atoms with E-state index in [1.165, 1.54) is 12.1 Å². The average Bonchev–Trinajstić information content (AvgIpc) is 2.40. The highest BCUT2D eigenvalue weighted by Gasteiger charge is 2.31. The van der Waals surface area contributed by atoms with Crippen molar-refractivity contribution >= 4 is 11.5 Å². The van der Waals surface area contributed by atoms with Crippen molar-refractivity contribution in [2.75, 3.05) is 5.73 Å². The molecule has 3 nitrogen and oxygen atoms in total. The maximum absolute atomic E-state index is 13.3. The molecule has 0 atom stereocenters. The summed E-state index contributed by atoms with van der Waals surface area (Å²) in [5.74, 6) is -1.71. The lowest BCUT2D eigenvalue weighted by molar-refractivity contribution is -0.274. The smallest absolute Gasteiger partial charge is 0.406 e. The first-order valence-electron chi connectivity index (χ1n) is 5.72. The fourth-order valence-electron chi connectivity index (χ4n) is 1.64. The highest BCUT2D eigenvalue weighted by Crippen LogP contribution is 2.23. The number of anilines is 1. The van der Waals surface area contributed by atoms with Crippen LogP contribution in [0, 0.1) is 5.82 Å². The second kappa shape index (κ2) is 5.43. The summed E-state index contributed by atoms with van der Waals surface area (Å²) in [6.45, 7) is 0. The van der Waals surface area contributed by atoms with Gasteiger partial charge in [-0.3, -0.25) is 4.79 Å². The van der Waals surface area contributed by atoms with E-state index in [0.717, 1.165) is 30.3 Å². The van der Waals surface area contributed by atoms with Gasteiger partial charge in [0.15, 0.2) is 5.78 Å². The van der Waals surface area contributed by atoms with Crippen molar-refractivity contribution in [2.45, 2.75) is 6.36 Å². The summed E-state index contributed by atoms with van der Waals surface area (Å²) in [5.41, 5.74) is 5.35. The van der Waals surface area contributed by atoms with E-state index in [1.807, 2.05) is 0 Å². The van der Waals surface area contributed by atoms with Crippen LogP contribution in [-0.2, 0) is 0 Å². The standard InChI is InChI=1S/C14H9F4NO2/c15-11-7-9(3-6-12(11)19)13(20)8-1-4-10(5-2-8)21-14(16,17)18/h1-7H,19H2. The summed E-state index contributed by atoms with van der Waals surface area (Å²) >= 11 is 0. The van der Waals surface area contributed by atoms with Crippen molar-refractivity contribution in [3.8, 4) is 5.75 Å². The van der Waals surface area contributed by atoms with Crippen LogP contribution in [0.15, 0.2) is 42.5 Å². The molecule has 21 heavy (non-hydrogen) atoms. The van der Waals surface area contributed by atoms with Crippen molar-refractivity contribution in [1.29, 1.82) is 0 Å². The minimum Gasteiger partial charge on any atom is -0.406 e. The van der Waals surface area contributed by atoms with Gasteiger partial charge in [0, 0.05) is 11.1 Å². The van der Waals surface area contributed by atoms with E-state index < -0.39 is 23.7 Å². The van der Waals surface area contributed by atoms with E-state index in [1.54, 1.807) is 0 Å². The molecule has 0 aliphatic heterocycles. The number of carbonyl (C=O) groups is 1. The molecule has 2 aromatic rings. The number of ether oxygens (including phenoxy) is 1. The lowest BCUT2D eigenvalue weighted by atomic mass is 10.0. The average molecular weight is 299 g/mol. The molecule has 2 N–H and O–H groups in total. The third-order valence-electron chi connectivity index (χ3n) is 2.61. The van der Waals surface area contributed by atoms with Crippen LogP contribution in [0.4, 0.5) is 23.2 Å². The van der Waals surface area contributed by atoms with Crippen LogP contribution < -0.4 is 10.5 Å². The second-order valence-corrected chi connectivity index (χ2v) is 4.14. The Morgan fingerprint density at radius 1 is 1.00 bits per heavy atom. The van der Waals surface area contributed by atoms with Gasteiger partial charge in [0.2, 0.25) is 0 Å². The Labute approximate surface area is 116 Å². The highest BCUT2D eigenvalue weighted by atomic mass is 19.4. The molecule has 110 valence electrons. The van der Waals surface area contributed by atoms with E-state index in [4.69, 9.17) is 5.73 Å². The Hall–Kier alpha value is -2.57. The number of halogens is 4. The summed E-state index contributed by atoms with van der Waals surface area (Å²) in [6, 6.07) is 7.89. The Morgan fingerprint density at radius 3 is 2.10 bits per heavy atom. The minimum atomic E-state index is -4.80. The van der Waals surface area contributed by atoms with Crippen molar-refractivity contribution in [3.63, 3.8) is 0 Å². The first-order chi connectivity index (χ1) is 9.76. The molecule has 0 saturated heterocycles. The summed E-state index contributed by atoms with van der Waals surface area (Å²) in [6.07, 6.45) is -4.80. The molecule has 7 heteroatoms. The van der Waals surface area contributed by atoms with Gasteiger partial charge in [-0.1, -0.05) is 0 Å². The third-order valence-corrected chi connectivity index (χ3v) is 2.61. The molecule has 0 spiro atoms. The van der Waals surface area contributed by atoms with E-state index in [9.17, 15) is 22.4 Å². The SMILES string of the molecule is Nc1ccc(C(=O)c2ccc(OC(F)(F)F)cc2)cc1F. The van der Waals surface area contributed by atoms with Crippen molar-refractivity contribution in [1.82, 2.24) is 0 Å². The number of ketones is 1. The zero-order valence-electron chi connectivity index (χ0n) is 10.4. The monoisotopic (exact) mass is 299 g/mol. The molecule has 0 bridgehead atoms. The summed E-state index contributed by atoms with van der Waals surface area (Å²) in [5, 5.41) is 0. The topological polar surface area (TPSA) is 52.3 Å². The summed E-state index contributed by atoms with van der Waals surface area (Å²) < 4.78 is 53.0. The van der Waals surface area contributed by atoms with Gasteiger partial charge in [-0.25, -0.2) is 4.39 Å². The van der Waals surface area contributed by atoms with Gasteiger partial charge in [0.1, 0.15) is 11.6 Å². The highest BCUT2D eigenvalue weighted by molar-refractivity contribution is 6.09. The van der Waals surface area contributed by atoms with Crippen LogP contribution >= 0.6 is 0 Å². The normalized spacial score (nSPS) is 11.2. The number of nitrogen functional groups attached to an aromatic ring is 1. The van der Waals surface area contributed by atoms with Crippen molar-refractivity contribution in [3.05, 3.63) is 59.4 Å². The van der Waals surface area contributed by atoms with E-state index in [0.29, 0.717) is 0 Å². The van der Waals surface area contributed by atoms with Gasteiger partial charge < -0.3 is 10.5 Å². The Bertz CT molecular complexity index is 666. The van der Waals surface area contributed by atoms with Crippen LogP contribution in [0.5, 0.6) is 5.75 Å². The zero-order chi connectivity index (χ0) is 15.6. The number of hydrogen-bond donors (Lipinski definition) is 1. The first kappa shape index (κ1) is 14.8. The molecule has 0 saturated carbocycles. The molecule has 2 rings (SSSR count). The predicted molar refractivity (Wildman–Crippen MR) is 67.4 cm³/mol. The van der Waals surface area contributed by atoms with Gasteiger partial charge >= 0.3 is 6.36 Å². The fourth-order valence-corrected chi connectivity index (χ4v) is 1.64. The lowest BCUT2D eigenvalue weighted by Gasteiger charge is -2.09. The number of nitrogens with two attached hydrogens (primary N) is 1. The molecule has 0 fully saturated rings.